The zero-order chi connectivity index (χ0) is 16.5. The van der Waals surface area contributed by atoms with Gasteiger partial charge >= 0.3 is 0 Å². The minimum absolute atomic E-state index is 0.383. The predicted molar refractivity (Wildman–Crippen MR) is 97.4 cm³/mol. The first-order valence-corrected chi connectivity index (χ1v) is 8.97. The van der Waals surface area contributed by atoms with Crippen molar-refractivity contribution < 1.29 is 4.79 Å². The van der Waals surface area contributed by atoms with Crippen molar-refractivity contribution in [1.82, 2.24) is 9.97 Å². The van der Waals surface area contributed by atoms with Crippen LogP contribution in [0.25, 0.3) is 11.0 Å². The third-order valence-corrected chi connectivity index (χ3v) is 5.56. The standard InChI is InChI=1S/C18H18N4OS/c19-17(23)16-11-6-2-1-3-9-14(11)24-18(16)20-10-15-21-12-7-4-5-8-13(12)22-15/h4-5,7-8,10H,1-3,6,9H2,(H2,19,23)(H,21,22). The molecule has 2 aromatic heterocycles. The zero-order valence-electron chi connectivity index (χ0n) is 13.2. The number of carbonyl (C=O) groups is 1. The Morgan fingerprint density at radius 3 is 2.92 bits per heavy atom. The van der Waals surface area contributed by atoms with Crippen molar-refractivity contribution in [2.24, 2.45) is 10.7 Å². The van der Waals surface area contributed by atoms with Gasteiger partial charge in [0.25, 0.3) is 5.91 Å². The molecule has 6 heteroatoms. The number of amides is 1. The fourth-order valence-electron chi connectivity index (χ4n) is 3.23. The average molecular weight is 338 g/mol. The molecule has 5 nitrogen and oxygen atoms in total. The van der Waals surface area contributed by atoms with Crippen LogP contribution in [-0.2, 0) is 12.8 Å². The quantitative estimate of drug-likeness (QED) is 0.563. The van der Waals surface area contributed by atoms with Crippen molar-refractivity contribution in [2.75, 3.05) is 0 Å². The lowest BCUT2D eigenvalue weighted by atomic mass is 10.1. The first kappa shape index (κ1) is 15.1. The van der Waals surface area contributed by atoms with Gasteiger partial charge in [-0.1, -0.05) is 18.6 Å². The van der Waals surface area contributed by atoms with Crippen LogP contribution < -0.4 is 5.73 Å². The van der Waals surface area contributed by atoms with E-state index < -0.39 is 0 Å². The van der Waals surface area contributed by atoms with Gasteiger partial charge in [0.15, 0.2) is 0 Å². The first-order valence-electron chi connectivity index (χ1n) is 8.15. The molecule has 0 radical (unpaired) electrons. The Balaban J connectivity index is 1.72. The van der Waals surface area contributed by atoms with Crippen LogP contribution in [0.3, 0.4) is 0 Å². The van der Waals surface area contributed by atoms with E-state index in [0.29, 0.717) is 16.4 Å². The van der Waals surface area contributed by atoms with Crippen LogP contribution in [0.15, 0.2) is 29.3 Å². The largest absolute Gasteiger partial charge is 0.365 e. The van der Waals surface area contributed by atoms with Crippen molar-refractivity contribution in [3.05, 3.63) is 46.1 Å². The Kier molecular flexibility index (Phi) is 3.90. The van der Waals surface area contributed by atoms with E-state index in [-0.39, 0.29) is 5.91 Å². The van der Waals surface area contributed by atoms with Crippen molar-refractivity contribution in [3.63, 3.8) is 0 Å². The predicted octanol–water partition coefficient (Wildman–Crippen LogP) is 3.74. The SMILES string of the molecule is NC(=O)c1c(N=Cc2nc3ccccc3[nH]2)sc2c1CCCCC2. The third-order valence-electron chi connectivity index (χ3n) is 4.36. The molecule has 0 atom stereocenters. The lowest BCUT2D eigenvalue weighted by Gasteiger charge is -2.00. The number of fused-ring (bicyclic) bond motifs is 2. The van der Waals surface area contributed by atoms with Gasteiger partial charge in [0.2, 0.25) is 0 Å². The van der Waals surface area contributed by atoms with Gasteiger partial charge < -0.3 is 10.7 Å². The number of nitrogens with zero attached hydrogens (tertiary/aromatic N) is 2. The van der Waals surface area contributed by atoms with E-state index in [1.54, 1.807) is 17.6 Å². The minimum Gasteiger partial charge on any atom is -0.365 e. The molecule has 0 spiro atoms. The Bertz CT molecular complexity index is 905. The summed E-state index contributed by atoms with van der Waals surface area (Å²) in [6, 6.07) is 7.84. The Morgan fingerprint density at radius 2 is 2.08 bits per heavy atom. The molecule has 0 fully saturated rings. The topological polar surface area (TPSA) is 84.1 Å². The number of aliphatic imine (C=N–C) groups is 1. The second-order valence-electron chi connectivity index (χ2n) is 6.01. The summed E-state index contributed by atoms with van der Waals surface area (Å²) in [6.45, 7) is 0. The number of rotatable bonds is 3. The number of imidazole rings is 1. The van der Waals surface area contributed by atoms with Crippen molar-refractivity contribution >= 4 is 39.5 Å². The fourth-order valence-corrected chi connectivity index (χ4v) is 4.47. The molecule has 0 aliphatic heterocycles. The Hall–Kier alpha value is -2.47. The Labute approximate surface area is 143 Å². The molecule has 3 aromatic rings. The lowest BCUT2D eigenvalue weighted by molar-refractivity contribution is 0.100. The molecule has 1 aliphatic carbocycles. The third kappa shape index (κ3) is 2.73. The molecule has 1 aliphatic rings. The number of carbonyl (C=O) groups excluding carboxylic acids is 1. The first-order chi connectivity index (χ1) is 11.7. The van der Waals surface area contributed by atoms with Crippen molar-refractivity contribution in [3.8, 4) is 0 Å². The number of hydrogen-bond acceptors (Lipinski definition) is 4. The van der Waals surface area contributed by atoms with Crippen LogP contribution in [0, 0.1) is 0 Å². The summed E-state index contributed by atoms with van der Waals surface area (Å²) in [4.78, 5) is 25.4. The van der Waals surface area contributed by atoms with E-state index in [9.17, 15) is 4.79 Å². The molecule has 3 N–H and O–H groups in total. The Morgan fingerprint density at radius 1 is 1.25 bits per heavy atom. The molecule has 1 amide bonds. The molecule has 0 bridgehead atoms. The number of aromatic amines is 1. The monoisotopic (exact) mass is 338 g/mol. The second-order valence-corrected chi connectivity index (χ2v) is 7.09. The number of benzene rings is 1. The summed E-state index contributed by atoms with van der Waals surface area (Å²) in [5.74, 6) is 0.293. The smallest absolute Gasteiger partial charge is 0.252 e. The number of nitrogens with two attached hydrogens (primary N) is 1. The molecular weight excluding hydrogens is 320 g/mol. The number of H-pyrrole nitrogens is 1. The molecular formula is C18H18N4OS. The average Bonchev–Trinajstić information content (AvgIpc) is 3.06. The highest BCUT2D eigenvalue weighted by molar-refractivity contribution is 7.16. The number of hydrogen-bond donors (Lipinski definition) is 2. The summed E-state index contributed by atoms with van der Waals surface area (Å²) in [6.07, 6.45) is 7.09. The molecule has 24 heavy (non-hydrogen) atoms. The molecule has 0 saturated carbocycles. The highest BCUT2D eigenvalue weighted by Gasteiger charge is 2.22. The van der Waals surface area contributed by atoms with Crippen LogP contribution in [-0.4, -0.2) is 22.1 Å². The normalized spacial score (nSPS) is 14.8. The fraction of sp³-hybridized carbons (Fsp3) is 0.278. The van der Waals surface area contributed by atoms with Gasteiger partial charge in [0.1, 0.15) is 10.8 Å². The van der Waals surface area contributed by atoms with Gasteiger partial charge in [-0.15, -0.1) is 11.3 Å². The van der Waals surface area contributed by atoms with E-state index in [1.807, 2.05) is 24.3 Å². The number of aryl methyl sites for hydroxylation is 1. The number of nitrogens with one attached hydrogen (secondary N) is 1. The minimum atomic E-state index is -0.383. The number of thiophene rings is 1. The van der Waals surface area contributed by atoms with Gasteiger partial charge in [0, 0.05) is 4.88 Å². The summed E-state index contributed by atoms with van der Waals surface area (Å²) in [5.41, 5.74) is 9.22. The summed E-state index contributed by atoms with van der Waals surface area (Å²) >= 11 is 1.59. The molecule has 1 aromatic carbocycles. The van der Waals surface area contributed by atoms with Crippen LogP contribution in [0.2, 0.25) is 0 Å². The molecule has 2 heterocycles. The number of primary amides is 1. The lowest BCUT2D eigenvalue weighted by Crippen LogP contribution is -2.12. The van der Waals surface area contributed by atoms with Crippen LogP contribution >= 0.6 is 11.3 Å². The van der Waals surface area contributed by atoms with Crippen LogP contribution in [0.1, 0.15) is 45.9 Å². The summed E-state index contributed by atoms with van der Waals surface area (Å²) in [7, 11) is 0. The van der Waals surface area contributed by atoms with E-state index in [1.165, 1.54) is 17.7 Å². The summed E-state index contributed by atoms with van der Waals surface area (Å²) in [5, 5.41) is 0.704. The maximum atomic E-state index is 12.0. The molecule has 0 saturated heterocycles. The van der Waals surface area contributed by atoms with Crippen LogP contribution in [0.4, 0.5) is 5.00 Å². The summed E-state index contributed by atoms with van der Waals surface area (Å²) < 4.78 is 0. The number of para-hydroxylation sites is 2. The van der Waals surface area contributed by atoms with E-state index in [0.717, 1.165) is 35.9 Å². The van der Waals surface area contributed by atoms with Crippen LogP contribution in [0.5, 0.6) is 0 Å². The highest BCUT2D eigenvalue weighted by Crippen LogP contribution is 2.38. The van der Waals surface area contributed by atoms with E-state index >= 15 is 0 Å². The van der Waals surface area contributed by atoms with Gasteiger partial charge in [-0.25, -0.2) is 9.98 Å². The van der Waals surface area contributed by atoms with Gasteiger partial charge in [-0.3, -0.25) is 4.79 Å². The maximum absolute atomic E-state index is 12.0. The van der Waals surface area contributed by atoms with Crippen molar-refractivity contribution in [2.45, 2.75) is 32.1 Å². The van der Waals surface area contributed by atoms with Gasteiger partial charge in [0.05, 0.1) is 22.8 Å². The van der Waals surface area contributed by atoms with E-state index in [4.69, 9.17) is 5.73 Å². The number of aromatic nitrogens is 2. The highest BCUT2D eigenvalue weighted by atomic mass is 32.1. The molecule has 0 unspecified atom stereocenters. The zero-order valence-corrected chi connectivity index (χ0v) is 14.0. The second kappa shape index (κ2) is 6.20. The van der Waals surface area contributed by atoms with Crippen molar-refractivity contribution in [1.29, 1.82) is 0 Å². The maximum Gasteiger partial charge on any atom is 0.252 e. The van der Waals surface area contributed by atoms with Gasteiger partial charge in [-0.05, 0) is 43.4 Å². The molecule has 4 rings (SSSR count). The van der Waals surface area contributed by atoms with Gasteiger partial charge in [-0.2, -0.15) is 0 Å². The molecule has 122 valence electrons. The van der Waals surface area contributed by atoms with E-state index in [2.05, 4.69) is 15.0 Å².